The first-order valence-corrected chi connectivity index (χ1v) is 10.00. The molecule has 12 heteroatoms. The highest BCUT2D eigenvalue weighted by Gasteiger charge is 2.73. The van der Waals surface area contributed by atoms with E-state index in [1.54, 1.807) is 0 Å². The molecule has 2 rings (SSSR count). The van der Waals surface area contributed by atoms with E-state index in [2.05, 4.69) is 10.6 Å². The van der Waals surface area contributed by atoms with Crippen LogP contribution in [0.25, 0.3) is 0 Å². The lowest BCUT2D eigenvalue weighted by atomic mass is 9.69. The number of nitrogens with one attached hydrogen (secondary N) is 2. The highest BCUT2D eigenvalue weighted by atomic mass is 35.5. The van der Waals surface area contributed by atoms with Crippen LogP contribution in [0.15, 0.2) is 24.3 Å². The maximum atomic E-state index is 14.5. The van der Waals surface area contributed by atoms with Crippen LogP contribution >= 0.6 is 23.2 Å². The van der Waals surface area contributed by atoms with Crippen molar-refractivity contribution in [2.24, 2.45) is 0 Å². The summed E-state index contributed by atoms with van der Waals surface area (Å²) in [5.74, 6) is -1.23. The van der Waals surface area contributed by atoms with Gasteiger partial charge in [0, 0.05) is 13.8 Å². The van der Waals surface area contributed by atoms with Gasteiger partial charge in [0.15, 0.2) is 0 Å². The molecule has 0 bridgehead atoms. The van der Waals surface area contributed by atoms with Crippen LogP contribution in [0.3, 0.4) is 0 Å². The van der Waals surface area contributed by atoms with Crippen molar-refractivity contribution in [1.29, 1.82) is 0 Å². The zero-order valence-corrected chi connectivity index (χ0v) is 19.2. The number of carbonyl (C=O) groups is 2. The lowest BCUT2D eigenvalue weighted by Gasteiger charge is -2.40. The van der Waals surface area contributed by atoms with Crippen molar-refractivity contribution in [1.82, 2.24) is 0 Å². The summed E-state index contributed by atoms with van der Waals surface area (Å²) in [5.41, 5.74) is -8.19. The first-order valence-electron chi connectivity index (χ1n) is 9.24. The lowest BCUT2D eigenvalue weighted by molar-refractivity contribution is -0.289. The number of rotatable bonds is 4. The molecule has 2 amide bonds. The van der Waals surface area contributed by atoms with Gasteiger partial charge in [-0.3, -0.25) is 9.59 Å². The van der Waals surface area contributed by atoms with Crippen molar-refractivity contribution in [2.75, 3.05) is 10.6 Å². The molecule has 0 heterocycles. The Bertz CT molecular complexity index is 1030. The van der Waals surface area contributed by atoms with Gasteiger partial charge in [0.2, 0.25) is 17.2 Å². The normalized spacial score (nSPS) is 12.5. The maximum absolute atomic E-state index is 14.5. The summed E-state index contributed by atoms with van der Waals surface area (Å²) in [4.78, 5) is 22.6. The fraction of sp³-hybridized carbons (Fsp3) is 0.333. The van der Waals surface area contributed by atoms with Crippen LogP contribution in [-0.2, 0) is 15.0 Å². The first kappa shape index (κ1) is 26.8. The van der Waals surface area contributed by atoms with Gasteiger partial charge >= 0.3 is 12.4 Å². The second kappa shape index (κ2) is 9.06. The third kappa shape index (κ3) is 4.63. The van der Waals surface area contributed by atoms with Crippen molar-refractivity contribution >= 4 is 46.4 Å². The molecule has 0 saturated carbocycles. The van der Waals surface area contributed by atoms with E-state index >= 15 is 0 Å². The van der Waals surface area contributed by atoms with Gasteiger partial charge < -0.3 is 10.6 Å². The minimum Gasteiger partial charge on any atom is -0.325 e. The van der Waals surface area contributed by atoms with E-state index in [9.17, 15) is 35.9 Å². The predicted octanol–water partition coefficient (Wildman–Crippen LogP) is 6.94. The van der Waals surface area contributed by atoms with Gasteiger partial charge in [-0.15, -0.1) is 0 Å². The fourth-order valence-electron chi connectivity index (χ4n) is 3.67. The van der Waals surface area contributed by atoms with Crippen LogP contribution in [0, 0.1) is 13.8 Å². The SMILES string of the molecule is CC(=O)Nc1ccc(C(c2ccc(NC(C)=O)c(Cl)c2C)(C(F)(F)F)C(F)(F)F)c(C)c1Cl. The standard InChI is InChI=1S/C21H18Cl2F6N2O2/c1-9-13(5-7-15(17(9)22)30-11(3)32)19(20(24,25)26,21(27,28)29)14-6-8-16(31-12(4)33)18(23)10(14)2/h5-8H,1-4H3,(H,30,32)(H,31,33). The second-order valence-electron chi connectivity index (χ2n) is 7.31. The molecule has 0 saturated heterocycles. The maximum Gasteiger partial charge on any atom is 0.411 e. The van der Waals surface area contributed by atoms with Crippen LogP contribution in [0.5, 0.6) is 0 Å². The van der Waals surface area contributed by atoms with Crippen molar-refractivity contribution in [2.45, 2.75) is 45.5 Å². The number of halogens is 8. The van der Waals surface area contributed by atoms with Crippen LogP contribution in [0.1, 0.15) is 36.1 Å². The average molecular weight is 515 g/mol. The molecule has 0 aliphatic carbocycles. The third-order valence-corrected chi connectivity index (χ3v) is 6.03. The smallest absolute Gasteiger partial charge is 0.325 e. The van der Waals surface area contributed by atoms with Gasteiger partial charge in [-0.25, -0.2) is 0 Å². The molecule has 2 aromatic rings. The Morgan fingerprint density at radius 1 is 0.697 bits per heavy atom. The lowest BCUT2D eigenvalue weighted by Crippen LogP contribution is -2.55. The van der Waals surface area contributed by atoms with Crippen molar-refractivity contribution in [3.8, 4) is 0 Å². The van der Waals surface area contributed by atoms with Gasteiger partial charge in [-0.2, -0.15) is 26.3 Å². The molecule has 0 spiro atoms. The summed E-state index contributed by atoms with van der Waals surface area (Å²) in [5, 5.41) is 3.58. The molecule has 4 nitrogen and oxygen atoms in total. The first-order chi connectivity index (χ1) is 15.0. The molecule has 0 atom stereocenters. The van der Waals surface area contributed by atoms with Gasteiger partial charge in [0.05, 0.1) is 21.4 Å². The molecule has 2 aromatic carbocycles. The van der Waals surface area contributed by atoms with Gasteiger partial charge in [-0.1, -0.05) is 35.3 Å². The number of hydrogen-bond donors (Lipinski definition) is 2. The highest BCUT2D eigenvalue weighted by Crippen LogP contribution is 2.59. The Labute approximate surface area is 195 Å². The molecular weight excluding hydrogens is 497 g/mol. The van der Waals surface area contributed by atoms with E-state index in [-0.39, 0.29) is 11.4 Å². The van der Waals surface area contributed by atoms with E-state index in [0.29, 0.717) is 12.1 Å². The number of carbonyl (C=O) groups excluding carboxylic acids is 2. The van der Waals surface area contributed by atoms with Crippen LogP contribution in [0.4, 0.5) is 37.7 Å². The number of hydrogen-bond acceptors (Lipinski definition) is 2. The molecule has 180 valence electrons. The van der Waals surface area contributed by atoms with Gasteiger partial charge in [0.1, 0.15) is 0 Å². The molecule has 0 aromatic heterocycles. The molecule has 0 unspecified atom stereocenters. The Balaban J connectivity index is 3.02. The topological polar surface area (TPSA) is 58.2 Å². The van der Waals surface area contributed by atoms with Crippen LogP contribution in [-0.4, -0.2) is 24.2 Å². The van der Waals surface area contributed by atoms with E-state index in [1.807, 2.05) is 0 Å². The number of benzene rings is 2. The molecule has 0 radical (unpaired) electrons. The number of anilines is 2. The van der Waals surface area contributed by atoms with E-state index in [4.69, 9.17) is 23.2 Å². The fourth-order valence-corrected chi connectivity index (χ4v) is 4.10. The number of alkyl halides is 6. The minimum absolute atomic E-state index is 0.139. The second-order valence-corrected chi connectivity index (χ2v) is 8.06. The number of amides is 2. The molecular formula is C21H18Cl2F6N2O2. The average Bonchev–Trinajstić information content (AvgIpc) is 2.64. The summed E-state index contributed by atoms with van der Waals surface area (Å²) in [7, 11) is 0. The largest absolute Gasteiger partial charge is 0.411 e. The van der Waals surface area contributed by atoms with E-state index in [1.165, 1.54) is 0 Å². The molecule has 0 aliphatic rings. The van der Waals surface area contributed by atoms with E-state index < -0.39 is 61.9 Å². The Morgan fingerprint density at radius 3 is 1.24 bits per heavy atom. The summed E-state index contributed by atoms with van der Waals surface area (Å²) in [6.45, 7) is 4.21. The molecule has 33 heavy (non-hydrogen) atoms. The monoisotopic (exact) mass is 514 g/mol. The van der Waals surface area contributed by atoms with Crippen molar-refractivity contribution in [3.63, 3.8) is 0 Å². The summed E-state index contributed by atoms with van der Waals surface area (Å²) >= 11 is 12.1. The zero-order valence-electron chi connectivity index (χ0n) is 17.6. The van der Waals surface area contributed by atoms with Crippen molar-refractivity contribution in [3.05, 3.63) is 56.6 Å². The summed E-state index contributed by atoms with van der Waals surface area (Å²) in [6.07, 6.45) is -11.8. The van der Waals surface area contributed by atoms with E-state index in [0.717, 1.165) is 39.8 Å². The minimum atomic E-state index is -5.88. The summed E-state index contributed by atoms with van der Waals surface area (Å²) < 4.78 is 87.3. The third-order valence-electron chi connectivity index (χ3n) is 5.05. The Kier molecular flexibility index (Phi) is 7.35. The molecule has 0 aliphatic heterocycles. The van der Waals surface area contributed by atoms with Gasteiger partial charge in [0.25, 0.3) is 0 Å². The summed E-state index contributed by atoms with van der Waals surface area (Å²) in [6, 6.07) is 3.01. The quantitative estimate of drug-likeness (QED) is 0.434. The predicted molar refractivity (Wildman–Crippen MR) is 114 cm³/mol. The molecule has 2 N–H and O–H groups in total. The van der Waals surface area contributed by atoms with Crippen LogP contribution in [0.2, 0.25) is 10.0 Å². The van der Waals surface area contributed by atoms with Gasteiger partial charge in [-0.05, 0) is 48.2 Å². The Morgan fingerprint density at radius 2 is 1.00 bits per heavy atom. The van der Waals surface area contributed by atoms with Crippen LogP contribution < -0.4 is 10.6 Å². The zero-order chi connectivity index (χ0) is 25.5. The van der Waals surface area contributed by atoms with Crippen molar-refractivity contribution < 1.29 is 35.9 Å². The molecule has 0 fully saturated rings. The highest BCUT2D eigenvalue weighted by molar-refractivity contribution is 6.35. The Hall–Kier alpha value is -2.46.